The Hall–Kier alpha value is -0.620. The molecule has 0 radical (unpaired) electrons. The van der Waals surface area contributed by atoms with E-state index in [1.54, 1.807) is 31.2 Å². The number of benzene rings is 1. The molecule has 0 bridgehead atoms. The zero-order valence-electron chi connectivity index (χ0n) is 10.1. The molecular weight excluding hydrogens is 260 g/mol. The lowest BCUT2D eigenvalue weighted by atomic mass is 10.1. The van der Waals surface area contributed by atoms with Gasteiger partial charge in [-0.3, -0.25) is 0 Å². The monoisotopic (exact) mass is 276 g/mol. The maximum Gasteiger partial charge on any atom is 0.218 e. The number of sulfonamides is 1. The molecule has 0 aromatic heterocycles. The zero-order chi connectivity index (χ0) is 13.2. The molecule has 0 fully saturated rings. The van der Waals surface area contributed by atoms with Crippen LogP contribution < -0.4 is 5.73 Å². The first-order chi connectivity index (χ1) is 7.76. The topological polar surface area (TPSA) is 63.4 Å². The Labute approximate surface area is 107 Å². The van der Waals surface area contributed by atoms with Crippen molar-refractivity contribution in [2.45, 2.75) is 18.2 Å². The first-order valence-corrected chi connectivity index (χ1v) is 7.07. The second kappa shape index (κ2) is 5.35. The van der Waals surface area contributed by atoms with Crippen molar-refractivity contribution < 1.29 is 8.42 Å². The number of halogens is 1. The van der Waals surface area contributed by atoms with E-state index in [-0.39, 0.29) is 0 Å². The molecule has 6 heteroatoms. The molecule has 2 N–H and O–H groups in total. The number of hydrogen-bond acceptors (Lipinski definition) is 3. The van der Waals surface area contributed by atoms with Gasteiger partial charge < -0.3 is 5.73 Å². The van der Waals surface area contributed by atoms with E-state index in [9.17, 15) is 8.42 Å². The second-order valence-electron chi connectivity index (χ2n) is 4.11. The van der Waals surface area contributed by atoms with Gasteiger partial charge in [-0.15, -0.1) is 0 Å². The minimum Gasteiger partial charge on any atom is -0.323 e. The molecule has 2 unspecified atom stereocenters. The normalized spacial score (nSPS) is 15.9. The summed E-state index contributed by atoms with van der Waals surface area (Å²) < 4.78 is 25.1. The standard InChI is InChI=1S/C11H17ClN2O2S/c1-8(17(15,16)14(2)3)11(13)9-4-6-10(12)7-5-9/h4-8,11H,13H2,1-3H3. The van der Waals surface area contributed by atoms with Crippen LogP contribution in [0.4, 0.5) is 0 Å². The van der Waals surface area contributed by atoms with Gasteiger partial charge in [0.2, 0.25) is 10.0 Å². The number of hydrogen-bond donors (Lipinski definition) is 1. The predicted molar refractivity (Wildman–Crippen MR) is 70.4 cm³/mol. The molecule has 0 heterocycles. The van der Waals surface area contributed by atoms with Crippen molar-refractivity contribution in [1.82, 2.24) is 4.31 Å². The van der Waals surface area contributed by atoms with Gasteiger partial charge >= 0.3 is 0 Å². The summed E-state index contributed by atoms with van der Waals surface area (Å²) in [6.07, 6.45) is 0. The van der Waals surface area contributed by atoms with Crippen LogP contribution in [0.2, 0.25) is 5.02 Å². The summed E-state index contributed by atoms with van der Waals surface area (Å²) >= 11 is 5.77. The van der Waals surface area contributed by atoms with Crippen molar-refractivity contribution in [3.63, 3.8) is 0 Å². The van der Waals surface area contributed by atoms with Gasteiger partial charge in [-0.25, -0.2) is 12.7 Å². The largest absolute Gasteiger partial charge is 0.323 e. The minimum absolute atomic E-state index is 0.570. The lowest BCUT2D eigenvalue weighted by Gasteiger charge is -2.23. The fourth-order valence-corrected chi connectivity index (χ4v) is 2.79. The van der Waals surface area contributed by atoms with E-state index in [0.717, 1.165) is 5.56 Å². The van der Waals surface area contributed by atoms with Crippen LogP contribution in [-0.2, 0) is 10.0 Å². The van der Waals surface area contributed by atoms with Crippen molar-refractivity contribution in [2.24, 2.45) is 5.73 Å². The molecule has 0 spiro atoms. The highest BCUT2D eigenvalue weighted by Gasteiger charge is 2.29. The minimum atomic E-state index is -3.36. The highest BCUT2D eigenvalue weighted by molar-refractivity contribution is 7.89. The van der Waals surface area contributed by atoms with Crippen molar-refractivity contribution in [2.75, 3.05) is 14.1 Å². The van der Waals surface area contributed by atoms with Gasteiger partial charge in [-0.2, -0.15) is 0 Å². The Morgan fingerprint density at radius 1 is 1.24 bits per heavy atom. The molecule has 0 aliphatic carbocycles. The summed E-state index contributed by atoms with van der Waals surface area (Å²) in [5.41, 5.74) is 6.72. The number of rotatable bonds is 4. The molecule has 0 saturated carbocycles. The molecule has 96 valence electrons. The molecule has 0 aliphatic rings. The van der Waals surface area contributed by atoms with Crippen molar-refractivity contribution in [1.29, 1.82) is 0 Å². The summed E-state index contributed by atoms with van der Waals surface area (Å²) in [4.78, 5) is 0. The molecular formula is C11H17ClN2O2S. The van der Waals surface area contributed by atoms with Gasteiger partial charge in [-0.1, -0.05) is 23.7 Å². The average Bonchev–Trinajstić information content (AvgIpc) is 2.27. The van der Waals surface area contributed by atoms with Gasteiger partial charge in [0.15, 0.2) is 0 Å². The summed E-state index contributed by atoms with van der Waals surface area (Å²) in [5, 5.41) is -0.0808. The van der Waals surface area contributed by atoms with Gasteiger partial charge in [0.25, 0.3) is 0 Å². The van der Waals surface area contributed by atoms with Gasteiger partial charge in [0.05, 0.1) is 5.25 Å². The van der Waals surface area contributed by atoms with E-state index in [0.29, 0.717) is 5.02 Å². The smallest absolute Gasteiger partial charge is 0.218 e. The Morgan fingerprint density at radius 3 is 2.12 bits per heavy atom. The molecule has 17 heavy (non-hydrogen) atoms. The second-order valence-corrected chi connectivity index (χ2v) is 7.05. The summed E-state index contributed by atoms with van der Waals surface area (Å²) in [6.45, 7) is 1.61. The van der Waals surface area contributed by atoms with E-state index in [1.807, 2.05) is 0 Å². The molecule has 4 nitrogen and oxygen atoms in total. The van der Waals surface area contributed by atoms with Gasteiger partial charge in [0.1, 0.15) is 0 Å². The van der Waals surface area contributed by atoms with E-state index in [2.05, 4.69) is 0 Å². The first-order valence-electron chi connectivity index (χ1n) is 5.19. The van der Waals surface area contributed by atoms with Crippen LogP contribution in [-0.4, -0.2) is 32.1 Å². The average molecular weight is 277 g/mol. The lowest BCUT2D eigenvalue weighted by Crippen LogP contribution is -2.38. The fraction of sp³-hybridized carbons (Fsp3) is 0.455. The zero-order valence-corrected chi connectivity index (χ0v) is 11.7. The quantitative estimate of drug-likeness (QED) is 0.909. The van der Waals surface area contributed by atoms with Crippen LogP contribution >= 0.6 is 11.6 Å². The third-order valence-electron chi connectivity index (χ3n) is 2.74. The number of nitrogens with two attached hydrogens (primary N) is 1. The lowest BCUT2D eigenvalue weighted by molar-refractivity contribution is 0.495. The van der Waals surface area contributed by atoms with Crippen LogP contribution in [0, 0.1) is 0 Å². The Morgan fingerprint density at radius 2 is 1.71 bits per heavy atom. The third-order valence-corrected chi connectivity index (χ3v) is 5.24. The Balaban J connectivity index is 2.98. The van der Waals surface area contributed by atoms with Crippen LogP contribution in [0.3, 0.4) is 0 Å². The molecule has 0 amide bonds. The Kier molecular flexibility index (Phi) is 4.55. The highest BCUT2D eigenvalue weighted by atomic mass is 35.5. The van der Waals surface area contributed by atoms with Gasteiger partial charge in [0, 0.05) is 25.2 Å². The maximum atomic E-state index is 11.9. The molecule has 1 aromatic rings. The van der Waals surface area contributed by atoms with Crippen LogP contribution in [0.15, 0.2) is 24.3 Å². The molecule has 0 aliphatic heterocycles. The van der Waals surface area contributed by atoms with E-state index in [4.69, 9.17) is 17.3 Å². The molecule has 0 saturated heterocycles. The van der Waals surface area contributed by atoms with Crippen molar-refractivity contribution in [3.05, 3.63) is 34.9 Å². The molecule has 1 aromatic carbocycles. The summed E-state index contributed by atoms with van der Waals surface area (Å²) in [6, 6.07) is 6.32. The highest BCUT2D eigenvalue weighted by Crippen LogP contribution is 2.22. The van der Waals surface area contributed by atoms with Gasteiger partial charge in [-0.05, 0) is 24.6 Å². The third kappa shape index (κ3) is 3.19. The summed E-state index contributed by atoms with van der Waals surface area (Å²) in [5.74, 6) is 0. The van der Waals surface area contributed by atoms with E-state index in [1.165, 1.54) is 18.4 Å². The van der Waals surface area contributed by atoms with Crippen molar-refractivity contribution in [3.8, 4) is 0 Å². The molecule has 1 rings (SSSR count). The van der Waals surface area contributed by atoms with E-state index >= 15 is 0 Å². The number of nitrogens with zero attached hydrogens (tertiary/aromatic N) is 1. The predicted octanol–water partition coefficient (Wildman–Crippen LogP) is 1.62. The maximum absolute atomic E-state index is 11.9. The first kappa shape index (κ1) is 14.4. The summed E-state index contributed by atoms with van der Waals surface area (Å²) in [7, 11) is -0.358. The van der Waals surface area contributed by atoms with Crippen LogP contribution in [0.5, 0.6) is 0 Å². The molecule has 2 atom stereocenters. The fourth-order valence-electron chi connectivity index (χ4n) is 1.47. The van der Waals surface area contributed by atoms with Crippen molar-refractivity contribution >= 4 is 21.6 Å². The Bertz CT molecular complexity index is 471. The van der Waals surface area contributed by atoms with Crippen LogP contribution in [0.1, 0.15) is 18.5 Å². The van der Waals surface area contributed by atoms with Crippen LogP contribution in [0.25, 0.3) is 0 Å². The van der Waals surface area contributed by atoms with E-state index < -0.39 is 21.3 Å². The SMILES string of the molecule is CC(C(N)c1ccc(Cl)cc1)S(=O)(=O)N(C)C.